The minimum absolute atomic E-state index is 0. The molecule has 0 bridgehead atoms. The highest BCUT2D eigenvalue weighted by atomic mass is 127. The molecule has 1 unspecified atom stereocenters. The highest BCUT2D eigenvalue weighted by Gasteiger charge is 2.34. The summed E-state index contributed by atoms with van der Waals surface area (Å²) in [5.41, 5.74) is 0.655. The summed E-state index contributed by atoms with van der Waals surface area (Å²) in [6.45, 7) is 5.53. The van der Waals surface area contributed by atoms with Crippen molar-refractivity contribution in [3.63, 3.8) is 0 Å². The van der Waals surface area contributed by atoms with Crippen molar-refractivity contribution in [2.24, 2.45) is 10.9 Å². The van der Waals surface area contributed by atoms with E-state index >= 15 is 0 Å². The lowest BCUT2D eigenvalue weighted by molar-refractivity contribution is -0.127. The van der Waals surface area contributed by atoms with Crippen LogP contribution in [0, 0.1) is 5.92 Å². The summed E-state index contributed by atoms with van der Waals surface area (Å²) >= 11 is 0. The van der Waals surface area contributed by atoms with Gasteiger partial charge < -0.3 is 20.6 Å². The normalized spacial score (nSPS) is 21.1. The van der Waals surface area contributed by atoms with Gasteiger partial charge in [-0.15, -0.1) is 24.0 Å². The zero-order valence-corrected chi connectivity index (χ0v) is 19.0. The van der Waals surface area contributed by atoms with Crippen molar-refractivity contribution in [2.45, 2.75) is 44.6 Å². The summed E-state index contributed by atoms with van der Waals surface area (Å²) in [5, 5.41) is 16.8. The minimum Gasteiger partial charge on any atom is -0.388 e. The summed E-state index contributed by atoms with van der Waals surface area (Å²) in [6, 6.07) is 10.3. The van der Waals surface area contributed by atoms with Crippen LogP contribution in [-0.4, -0.2) is 60.2 Å². The summed E-state index contributed by atoms with van der Waals surface area (Å²) < 4.78 is 0. The van der Waals surface area contributed by atoms with E-state index in [1.54, 1.807) is 0 Å². The van der Waals surface area contributed by atoms with Crippen molar-refractivity contribution >= 4 is 35.8 Å². The van der Waals surface area contributed by atoms with Crippen LogP contribution in [-0.2, 0) is 11.2 Å². The summed E-state index contributed by atoms with van der Waals surface area (Å²) in [6.07, 6.45) is 4.24. The number of benzene rings is 1. The Labute approximate surface area is 185 Å². The minimum atomic E-state index is -0.611. The molecular formula is C21H33IN4O2. The molecule has 28 heavy (non-hydrogen) atoms. The fourth-order valence-electron chi connectivity index (χ4n) is 3.67. The molecule has 1 aliphatic carbocycles. The van der Waals surface area contributed by atoms with E-state index in [9.17, 15) is 9.90 Å². The molecule has 156 valence electrons. The number of rotatable bonds is 8. The maximum atomic E-state index is 12.3. The summed E-state index contributed by atoms with van der Waals surface area (Å²) in [7, 11) is 0. The van der Waals surface area contributed by atoms with Gasteiger partial charge in [-0.2, -0.15) is 0 Å². The van der Waals surface area contributed by atoms with Gasteiger partial charge in [0.05, 0.1) is 12.1 Å². The van der Waals surface area contributed by atoms with Crippen LogP contribution < -0.4 is 10.6 Å². The number of likely N-dealkylation sites (tertiary alicyclic amines) is 1. The molecule has 1 aliphatic heterocycles. The average molecular weight is 500 g/mol. The molecule has 0 aromatic heterocycles. The van der Waals surface area contributed by atoms with Gasteiger partial charge in [-0.05, 0) is 38.2 Å². The van der Waals surface area contributed by atoms with E-state index in [2.05, 4.69) is 27.8 Å². The van der Waals surface area contributed by atoms with Crippen LogP contribution in [0.25, 0.3) is 0 Å². The molecule has 1 saturated heterocycles. The van der Waals surface area contributed by atoms with Crippen molar-refractivity contribution in [1.29, 1.82) is 0 Å². The molecule has 1 aromatic rings. The molecule has 1 aromatic carbocycles. The second kappa shape index (κ2) is 11.0. The van der Waals surface area contributed by atoms with E-state index in [-0.39, 0.29) is 29.9 Å². The lowest BCUT2D eigenvalue weighted by Gasteiger charge is -2.35. The highest BCUT2D eigenvalue weighted by Crippen LogP contribution is 2.31. The van der Waals surface area contributed by atoms with Crippen LogP contribution >= 0.6 is 24.0 Å². The Kier molecular flexibility index (Phi) is 9.01. The number of carbonyl (C=O) groups is 1. The Bertz CT molecular complexity index is 649. The number of nitrogens with zero attached hydrogens (tertiary/aromatic N) is 2. The van der Waals surface area contributed by atoms with Gasteiger partial charge >= 0.3 is 0 Å². The van der Waals surface area contributed by atoms with Crippen molar-refractivity contribution in [1.82, 2.24) is 15.5 Å². The molecule has 1 atom stereocenters. The standard InChI is InChI=1S/C21H32N4O2.HI/c1-2-22-20(24-16-21(27)10-6-11-21)23-14-18-13-19(26)25(15-18)12-9-17-7-4-3-5-8-17;/h3-5,7-8,18,27H,2,6,9-16H2,1H3,(H2,22,23,24);1H. The number of halogens is 1. The lowest BCUT2D eigenvalue weighted by Crippen LogP contribution is -2.44. The Balaban J connectivity index is 0.00000280. The molecule has 7 heteroatoms. The first kappa shape index (κ1) is 22.9. The van der Waals surface area contributed by atoms with Crippen LogP contribution in [0.15, 0.2) is 35.3 Å². The summed E-state index contributed by atoms with van der Waals surface area (Å²) in [4.78, 5) is 18.8. The van der Waals surface area contributed by atoms with Gasteiger partial charge in [-0.1, -0.05) is 30.3 Å². The second-order valence-electron chi connectivity index (χ2n) is 7.80. The molecule has 2 fully saturated rings. The van der Waals surface area contributed by atoms with E-state index in [1.165, 1.54) is 5.56 Å². The highest BCUT2D eigenvalue weighted by molar-refractivity contribution is 14.0. The number of guanidine groups is 1. The first-order valence-corrected chi connectivity index (χ1v) is 10.1. The van der Waals surface area contributed by atoms with E-state index in [0.29, 0.717) is 18.9 Å². The number of hydrogen-bond acceptors (Lipinski definition) is 3. The topological polar surface area (TPSA) is 77.0 Å². The van der Waals surface area contributed by atoms with Crippen LogP contribution in [0.1, 0.15) is 38.2 Å². The molecule has 3 rings (SSSR count). The quantitative estimate of drug-likeness (QED) is 0.291. The number of aliphatic hydroxyl groups is 1. The van der Waals surface area contributed by atoms with Gasteiger partial charge in [0.2, 0.25) is 5.91 Å². The predicted octanol–water partition coefficient (Wildman–Crippen LogP) is 2.17. The molecule has 2 aliphatic rings. The first-order valence-electron chi connectivity index (χ1n) is 10.1. The largest absolute Gasteiger partial charge is 0.388 e. The maximum absolute atomic E-state index is 12.3. The van der Waals surface area contributed by atoms with Gasteiger partial charge in [0.1, 0.15) is 0 Å². The monoisotopic (exact) mass is 500 g/mol. The van der Waals surface area contributed by atoms with Gasteiger partial charge in [0.25, 0.3) is 0 Å². The molecular weight excluding hydrogens is 467 g/mol. The third-order valence-corrected chi connectivity index (χ3v) is 5.53. The zero-order chi connectivity index (χ0) is 19.1. The number of nitrogens with one attached hydrogen (secondary N) is 2. The van der Waals surface area contributed by atoms with Crippen molar-refractivity contribution in [3.8, 4) is 0 Å². The Morgan fingerprint density at radius 2 is 2.04 bits per heavy atom. The van der Waals surface area contributed by atoms with Crippen molar-refractivity contribution in [2.75, 3.05) is 32.7 Å². The molecule has 0 radical (unpaired) electrons. The zero-order valence-electron chi connectivity index (χ0n) is 16.7. The van der Waals surface area contributed by atoms with E-state index in [4.69, 9.17) is 0 Å². The number of aliphatic imine (C=N–C) groups is 1. The van der Waals surface area contributed by atoms with Crippen LogP contribution in [0.5, 0.6) is 0 Å². The third-order valence-electron chi connectivity index (χ3n) is 5.53. The number of carbonyl (C=O) groups excluding carboxylic acids is 1. The van der Waals surface area contributed by atoms with E-state index in [0.717, 1.165) is 57.8 Å². The summed E-state index contributed by atoms with van der Waals surface area (Å²) in [5.74, 6) is 1.26. The van der Waals surface area contributed by atoms with Gasteiger partial charge in [0.15, 0.2) is 5.96 Å². The number of amides is 1. The molecule has 0 spiro atoms. The fraction of sp³-hybridized carbons (Fsp3) is 0.619. The SMILES string of the molecule is CCNC(=NCC1(O)CCC1)NCC1CC(=O)N(CCc2ccccc2)C1.I. The predicted molar refractivity (Wildman–Crippen MR) is 123 cm³/mol. The van der Waals surface area contributed by atoms with Gasteiger partial charge in [-0.3, -0.25) is 9.79 Å². The Hall–Kier alpha value is -1.35. The third kappa shape index (κ3) is 6.62. The van der Waals surface area contributed by atoms with Gasteiger partial charge in [0, 0.05) is 38.5 Å². The molecule has 3 N–H and O–H groups in total. The Morgan fingerprint density at radius 1 is 1.29 bits per heavy atom. The lowest BCUT2D eigenvalue weighted by atomic mass is 9.80. The van der Waals surface area contributed by atoms with Crippen LogP contribution in [0.4, 0.5) is 0 Å². The fourth-order valence-corrected chi connectivity index (χ4v) is 3.67. The molecule has 1 heterocycles. The van der Waals surface area contributed by atoms with Crippen LogP contribution in [0.2, 0.25) is 0 Å². The smallest absolute Gasteiger partial charge is 0.223 e. The molecule has 6 nitrogen and oxygen atoms in total. The first-order chi connectivity index (χ1) is 13.1. The van der Waals surface area contributed by atoms with E-state index in [1.807, 2.05) is 30.0 Å². The van der Waals surface area contributed by atoms with Crippen molar-refractivity contribution in [3.05, 3.63) is 35.9 Å². The van der Waals surface area contributed by atoms with Crippen LogP contribution in [0.3, 0.4) is 0 Å². The van der Waals surface area contributed by atoms with Gasteiger partial charge in [-0.25, -0.2) is 0 Å². The Morgan fingerprint density at radius 3 is 2.68 bits per heavy atom. The molecule has 1 amide bonds. The molecule has 1 saturated carbocycles. The second-order valence-corrected chi connectivity index (χ2v) is 7.80. The van der Waals surface area contributed by atoms with E-state index < -0.39 is 5.60 Å². The van der Waals surface area contributed by atoms with Crippen molar-refractivity contribution < 1.29 is 9.90 Å². The average Bonchev–Trinajstić information content (AvgIpc) is 3.01. The number of hydrogen-bond donors (Lipinski definition) is 3. The maximum Gasteiger partial charge on any atom is 0.223 e.